The minimum atomic E-state index is -0.459. The molecule has 4 heteroatoms. The van der Waals surface area contributed by atoms with Gasteiger partial charge >= 0.3 is 5.63 Å². The first-order chi connectivity index (χ1) is 7.58. The van der Waals surface area contributed by atoms with Gasteiger partial charge in [-0.15, -0.1) is 0 Å². The van der Waals surface area contributed by atoms with Gasteiger partial charge in [0, 0.05) is 28.5 Å². The number of hydrogen-bond donors (Lipinski definition) is 1. The minimum absolute atomic E-state index is 0.0450. The van der Waals surface area contributed by atoms with E-state index < -0.39 is 5.63 Å². The van der Waals surface area contributed by atoms with Gasteiger partial charge in [0.1, 0.15) is 11.3 Å². The van der Waals surface area contributed by atoms with E-state index in [9.17, 15) is 9.90 Å². The van der Waals surface area contributed by atoms with Gasteiger partial charge in [-0.05, 0) is 18.2 Å². The lowest BCUT2D eigenvalue weighted by molar-refractivity contribution is 0.466. The fraction of sp³-hybridized carbons (Fsp3) is 0.0833. The van der Waals surface area contributed by atoms with E-state index in [-0.39, 0.29) is 12.2 Å². The smallest absolute Gasteiger partial charge is 0.336 e. The molecule has 1 aromatic heterocycles. The van der Waals surface area contributed by atoms with Gasteiger partial charge in [0.25, 0.3) is 0 Å². The fourth-order valence-corrected chi connectivity index (χ4v) is 1.68. The number of rotatable bonds is 2. The van der Waals surface area contributed by atoms with Crippen LogP contribution in [0.3, 0.4) is 0 Å². The first kappa shape index (κ1) is 10.8. The second-order valence-corrected chi connectivity index (χ2v) is 3.96. The van der Waals surface area contributed by atoms with E-state index >= 15 is 0 Å². The Labute approximate surface area is 96.6 Å². The summed E-state index contributed by atoms with van der Waals surface area (Å²) in [6.45, 7) is 3.56. The summed E-state index contributed by atoms with van der Waals surface area (Å²) in [7, 11) is 0. The van der Waals surface area contributed by atoms with E-state index in [1.54, 1.807) is 12.1 Å². The van der Waals surface area contributed by atoms with Gasteiger partial charge in [0.15, 0.2) is 0 Å². The molecule has 1 N–H and O–H groups in total. The Kier molecular flexibility index (Phi) is 2.71. The molecule has 0 saturated carbocycles. The predicted octanol–water partition coefficient (Wildman–Crippen LogP) is 2.79. The molecule has 0 aliphatic heterocycles. The van der Waals surface area contributed by atoms with Crippen molar-refractivity contribution in [3.05, 3.63) is 51.9 Å². The second-order valence-electron chi connectivity index (χ2n) is 3.43. The molecule has 16 heavy (non-hydrogen) atoms. The summed E-state index contributed by atoms with van der Waals surface area (Å²) >= 11 is 5.70. The van der Waals surface area contributed by atoms with E-state index in [0.717, 1.165) is 5.39 Å². The third kappa shape index (κ3) is 1.95. The lowest BCUT2D eigenvalue weighted by atomic mass is 10.1. The summed E-state index contributed by atoms with van der Waals surface area (Å²) in [4.78, 5) is 11.1. The molecule has 0 bridgehead atoms. The van der Waals surface area contributed by atoms with Crippen LogP contribution < -0.4 is 5.63 Å². The number of fused-ring (bicyclic) bond motifs is 1. The van der Waals surface area contributed by atoms with Crippen LogP contribution in [0.2, 0.25) is 0 Å². The lowest BCUT2D eigenvalue weighted by Gasteiger charge is -2.06. The summed E-state index contributed by atoms with van der Waals surface area (Å²) < 4.78 is 5.06. The van der Waals surface area contributed by atoms with Crippen LogP contribution in [0.25, 0.3) is 11.0 Å². The minimum Gasteiger partial charge on any atom is -0.508 e. The van der Waals surface area contributed by atoms with Gasteiger partial charge in [-0.25, -0.2) is 4.79 Å². The van der Waals surface area contributed by atoms with Gasteiger partial charge in [-0.3, -0.25) is 0 Å². The molecule has 0 amide bonds. The van der Waals surface area contributed by atoms with Crippen molar-refractivity contribution in [3.8, 4) is 5.75 Å². The first-order valence-corrected chi connectivity index (χ1v) is 5.03. The van der Waals surface area contributed by atoms with E-state index in [1.165, 1.54) is 12.1 Å². The van der Waals surface area contributed by atoms with Crippen molar-refractivity contribution in [3.63, 3.8) is 0 Å². The second kappa shape index (κ2) is 4.02. The topological polar surface area (TPSA) is 50.4 Å². The maximum atomic E-state index is 11.1. The molecule has 0 atom stereocenters. The molecule has 0 aliphatic carbocycles. The third-order valence-electron chi connectivity index (χ3n) is 2.24. The van der Waals surface area contributed by atoms with Gasteiger partial charge in [0.2, 0.25) is 0 Å². The molecule has 2 rings (SSSR count). The molecule has 0 radical (unpaired) electrons. The SMILES string of the molecule is C=C(Cl)Cc1c(O)ccc2ccc(=O)oc12. The van der Waals surface area contributed by atoms with Crippen molar-refractivity contribution in [2.75, 3.05) is 0 Å². The van der Waals surface area contributed by atoms with Gasteiger partial charge in [-0.1, -0.05) is 18.2 Å². The summed E-state index contributed by atoms with van der Waals surface area (Å²) in [6.07, 6.45) is 0.262. The highest BCUT2D eigenvalue weighted by atomic mass is 35.5. The van der Waals surface area contributed by atoms with Crippen LogP contribution >= 0.6 is 11.6 Å². The van der Waals surface area contributed by atoms with Crippen molar-refractivity contribution in [2.45, 2.75) is 6.42 Å². The Morgan fingerprint density at radius 1 is 1.38 bits per heavy atom. The molecule has 1 aromatic carbocycles. The van der Waals surface area contributed by atoms with E-state index in [0.29, 0.717) is 16.2 Å². The summed E-state index contributed by atoms with van der Waals surface area (Å²) in [5, 5.41) is 10.8. The number of benzene rings is 1. The van der Waals surface area contributed by atoms with Crippen LogP contribution in [0.5, 0.6) is 5.75 Å². The van der Waals surface area contributed by atoms with E-state index in [1.807, 2.05) is 0 Å². The quantitative estimate of drug-likeness (QED) is 0.816. The third-order valence-corrected chi connectivity index (χ3v) is 2.37. The number of allylic oxidation sites excluding steroid dienone is 1. The zero-order chi connectivity index (χ0) is 11.7. The Bertz CT molecular complexity index is 613. The highest BCUT2D eigenvalue weighted by Crippen LogP contribution is 2.28. The first-order valence-electron chi connectivity index (χ1n) is 4.66. The molecule has 2 aromatic rings. The summed E-state index contributed by atoms with van der Waals surface area (Å²) in [5.41, 5.74) is 0.379. The fourth-order valence-electron chi connectivity index (χ4n) is 1.54. The molecular weight excluding hydrogens is 228 g/mol. The van der Waals surface area contributed by atoms with Crippen LogP contribution in [0.1, 0.15) is 5.56 Å². The molecule has 82 valence electrons. The maximum absolute atomic E-state index is 11.1. The number of hydrogen-bond acceptors (Lipinski definition) is 3. The summed E-state index contributed by atoms with van der Waals surface area (Å²) in [6, 6.07) is 6.19. The highest BCUT2D eigenvalue weighted by molar-refractivity contribution is 6.29. The lowest BCUT2D eigenvalue weighted by Crippen LogP contribution is -1.97. The largest absolute Gasteiger partial charge is 0.508 e. The average molecular weight is 237 g/mol. The number of phenols is 1. The van der Waals surface area contributed by atoms with Gasteiger partial charge in [-0.2, -0.15) is 0 Å². The Morgan fingerprint density at radius 2 is 2.06 bits per heavy atom. The normalized spacial score (nSPS) is 10.6. The standard InChI is InChI=1S/C12H9ClO3/c1-7(13)6-9-10(14)4-2-8-3-5-11(15)16-12(8)9/h2-5,14H,1,6H2. The van der Waals surface area contributed by atoms with Crippen LogP contribution in [0.15, 0.2) is 45.1 Å². The molecule has 0 fully saturated rings. The Hall–Kier alpha value is -1.74. The zero-order valence-electron chi connectivity index (χ0n) is 8.37. The average Bonchev–Trinajstić information content (AvgIpc) is 2.22. The molecule has 1 heterocycles. The van der Waals surface area contributed by atoms with Gasteiger partial charge < -0.3 is 9.52 Å². The van der Waals surface area contributed by atoms with Crippen LogP contribution in [-0.2, 0) is 6.42 Å². The molecule has 3 nitrogen and oxygen atoms in total. The summed E-state index contributed by atoms with van der Waals surface area (Å²) in [5.74, 6) is 0.0450. The van der Waals surface area contributed by atoms with Crippen molar-refractivity contribution in [2.24, 2.45) is 0 Å². The molecule has 0 aliphatic rings. The highest BCUT2D eigenvalue weighted by Gasteiger charge is 2.10. The van der Waals surface area contributed by atoms with E-state index in [4.69, 9.17) is 16.0 Å². The monoisotopic (exact) mass is 236 g/mol. The molecule has 0 spiro atoms. The van der Waals surface area contributed by atoms with Crippen LogP contribution in [0.4, 0.5) is 0 Å². The maximum Gasteiger partial charge on any atom is 0.336 e. The zero-order valence-corrected chi connectivity index (χ0v) is 9.12. The number of aromatic hydroxyl groups is 1. The molecule has 0 saturated heterocycles. The number of halogens is 1. The Morgan fingerprint density at radius 3 is 2.75 bits per heavy atom. The van der Waals surface area contributed by atoms with Gasteiger partial charge in [0.05, 0.1) is 0 Å². The molecule has 0 unspecified atom stereocenters. The van der Waals surface area contributed by atoms with E-state index in [2.05, 4.69) is 6.58 Å². The van der Waals surface area contributed by atoms with Crippen molar-refractivity contribution in [1.82, 2.24) is 0 Å². The van der Waals surface area contributed by atoms with Crippen LogP contribution in [-0.4, -0.2) is 5.11 Å². The number of phenolic OH excluding ortho intramolecular Hbond substituents is 1. The Balaban J connectivity index is 2.77. The van der Waals surface area contributed by atoms with Crippen molar-refractivity contribution < 1.29 is 9.52 Å². The van der Waals surface area contributed by atoms with Crippen molar-refractivity contribution in [1.29, 1.82) is 0 Å². The van der Waals surface area contributed by atoms with Crippen LogP contribution in [0, 0.1) is 0 Å². The predicted molar refractivity (Wildman–Crippen MR) is 62.8 cm³/mol. The molecular formula is C12H9ClO3. The van der Waals surface area contributed by atoms with Crippen molar-refractivity contribution >= 4 is 22.6 Å².